The van der Waals surface area contributed by atoms with E-state index < -0.39 is 72.2 Å². The third-order valence-corrected chi connectivity index (χ3v) is 8.27. The van der Waals surface area contributed by atoms with Gasteiger partial charge in [0, 0.05) is 24.9 Å². The van der Waals surface area contributed by atoms with Crippen molar-refractivity contribution in [1.82, 2.24) is 20.9 Å². The molecular weight excluding hydrogens is 517 g/mol. The molecule has 38 heavy (non-hydrogen) atoms. The average Bonchev–Trinajstić information content (AvgIpc) is 3.21. The summed E-state index contributed by atoms with van der Waals surface area (Å²) in [5, 5.41) is 16.3. The molecule has 14 heteroatoms. The first-order valence-electron chi connectivity index (χ1n) is 12.9. The van der Waals surface area contributed by atoms with Gasteiger partial charge in [0.15, 0.2) is 0 Å². The number of hydrogen-bond donors (Lipinski definition) is 3. The summed E-state index contributed by atoms with van der Waals surface area (Å²) in [4.78, 5) is 51.5. The zero-order valence-electron chi connectivity index (χ0n) is 20.5. The fourth-order valence-corrected chi connectivity index (χ4v) is 6.08. The summed E-state index contributed by atoms with van der Waals surface area (Å²) in [5.74, 6) is -10.2. The first kappa shape index (κ1) is 28.0. The molecule has 0 aromatic carbocycles. The first-order valence-corrected chi connectivity index (χ1v) is 12.9. The second kappa shape index (κ2) is 10.6. The van der Waals surface area contributed by atoms with E-state index in [0.717, 1.165) is 11.3 Å². The lowest BCUT2D eigenvalue weighted by molar-refractivity contribution is -0.196. The van der Waals surface area contributed by atoms with Gasteiger partial charge >= 0.3 is 12.1 Å². The molecule has 210 valence electrons. The molecule has 5 rings (SSSR count). The predicted octanol–water partition coefficient (Wildman–Crippen LogP) is 1.77. The number of carbonyl (C=O) groups is 4. The van der Waals surface area contributed by atoms with E-state index in [4.69, 9.17) is 0 Å². The van der Waals surface area contributed by atoms with Gasteiger partial charge in [-0.2, -0.15) is 18.4 Å². The highest BCUT2D eigenvalue weighted by molar-refractivity contribution is 5.94. The fraction of sp³-hybridized carbons (Fsp3) is 0.792. The van der Waals surface area contributed by atoms with Crippen molar-refractivity contribution in [3.8, 4) is 6.07 Å². The van der Waals surface area contributed by atoms with Gasteiger partial charge in [-0.25, -0.2) is 8.78 Å². The Balaban J connectivity index is 1.58. The van der Waals surface area contributed by atoms with Crippen LogP contribution in [0.25, 0.3) is 0 Å². The second-order valence-electron chi connectivity index (χ2n) is 10.8. The summed E-state index contributed by atoms with van der Waals surface area (Å²) in [6.45, 7) is 0.405. The van der Waals surface area contributed by atoms with E-state index in [1.54, 1.807) is 5.32 Å². The molecule has 9 nitrogen and oxygen atoms in total. The summed E-state index contributed by atoms with van der Waals surface area (Å²) >= 11 is 0. The molecule has 5 aliphatic rings. The maximum absolute atomic E-state index is 14.9. The number of alkyl halides is 5. The van der Waals surface area contributed by atoms with Crippen molar-refractivity contribution in [2.75, 3.05) is 6.54 Å². The van der Waals surface area contributed by atoms with Gasteiger partial charge in [-0.05, 0) is 38.0 Å². The normalized spacial score (nSPS) is 30.0. The molecule has 0 aromatic heterocycles. The predicted molar refractivity (Wildman–Crippen MR) is 120 cm³/mol. The van der Waals surface area contributed by atoms with Crippen LogP contribution >= 0.6 is 0 Å². The number of amides is 4. The number of nitrogens with zero attached hydrogens (tertiary/aromatic N) is 2. The van der Waals surface area contributed by atoms with E-state index in [1.165, 1.54) is 0 Å². The molecule has 6 atom stereocenters. The number of piperidine rings is 2. The molecule has 2 saturated carbocycles. The highest BCUT2D eigenvalue weighted by Crippen LogP contribution is 2.49. The monoisotopic (exact) mass is 547 g/mol. The van der Waals surface area contributed by atoms with E-state index in [1.807, 2.05) is 6.07 Å². The largest absolute Gasteiger partial charge is 0.471 e. The minimum atomic E-state index is -5.25. The number of nitriles is 1. The van der Waals surface area contributed by atoms with Crippen LogP contribution in [0.1, 0.15) is 57.8 Å². The highest BCUT2D eigenvalue weighted by atomic mass is 19.4. The smallest absolute Gasteiger partial charge is 0.356 e. The summed E-state index contributed by atoms with van der Waals surface area (Å²) in [6.07, 6.45) is -3.56. The Morgan fingerprint density at radius 2 is 1.82 bits per heavy atom. The number of fused-ring (bicyclic) bond motifs is 3. The van der Waals surface area contributed by atoms with Crippen molar-refractivity contribution in [2.45, 2.75) is 94.1 Å². The Morgan fingerprint density at radius 3 is 2.34 bits per heavy atom. The molecular formula is C24H30F5N5O4. The van der Waals surface area contributed by atoms with Gasteiger partial charge in [-0.3, -0.25) is 19.2 Å². The lowest BCUT2D eigenvalue weighted by Gasteiger charge is -2.54. The van der Waals surface area contributed by atoms with E-state index >= 15 is 0 Å². The van der Waals surface area contributed by atoms with Crippen LogP contribution in [0.2, 0.25) is 0 Å². The molecule has 0 radical (unpaired) electrons. The molecule has 0 aromatic rings. The van der Waals surface area contributed by atoms with Gasteiger partial charge in [-0.15, -0.1) is 0 Å². The van der Waals surface area contributed by atoms with Crippen LogP contribution in [0.5, 0.6) is 0 Å². The van der Waals surface area contributed by atoms with Crippen molar-refractivity contribution < 1.29 is 41.1 Å². The van der Waals surface area contributed by atoms with Gasteiger partial charge in [0.05, 0.1) is 12.0 Å². The molecule has 4 amide bonds. The lowest BCUT2D eigenvalue weighted by Crippen LogP contribution is -2.71. The summed E-state index contributed by atoms with van der Waals surface area (Å²) < 4.78 is 68.9. The van der Waals surface area contributed by atoms with E-state index in [2.05, 4.69) is 10.6 Å². The third kappa shape index (κ3) is 5.71. The second-order valence-corrected chi connectivity index (χ2v) is 10.8. The van der Waals surface area contributed by atoms with Gasteiger partial charge < -0.3 is 20.9 Å². The quantitative estimate of drug-likeness (QED) is 0.399. The number of halogens is 5. The van der Waals surface area contributed by atoms with Crippen molar-refractivity contribution in [3.63, 3.8) is 0 Å². The molecule has 0 unspecified atom stereocenters. The maximum atomic E-state index is 14.9. The van der Waals surface area contributed by atoms with Gasteiger partial charge in [0.1, 0.15) is 18.1 Å². The van der Waals surface area contributed by atoms with Gasteiger partial charge in [0.25, 0.3) is 5.92 Å². The Hall–Kier alpha value is -2.98. The van der Waals surface area contributed by atoms with Crippen molar-refractivity contribution in [2.24, 2.45) is 17.8 Å². The molecule has 5 fully saturated rings. The van der Waals surface area contributed by atoms with Crippen LogP contribution in [0.4, 0.5) is 22.0 Å². The Kier molecular flexibility index (Phi) is 7.86. The van der Waals surface area contributed by atoms with Gasteiger partial charge in [0.2, 0.25) is 17.7 Å². The van der Waals surface area contributed by atoms with Gasteiger partial charge in [-0.1, -0.05) is 19.3 Å². The number of carbonyl (C=O) groups excluding carboxylic acids is 4. The number of hydrogen-bond acceptors (Lipinski definition) is 5. The Morgan fingerprint density at radius 1 is 1.11 bits per heavy atom. The molecule has 3 N–H and O–H groups in total. The van der Waals surface area contributed by atoms with Crippen molar-refractivity contribution in [3.05, 3.63) is 0 Å². The minimum absolute atomic E-state index is 0.0504. The summed E-state index contributed by atoms with van der Waals surface area (Å²) in [5.41, 5.74) is 0. The average molecular weight is 548 g/mol. The van der Waals surface area contributed by atoms with Crippen molar-refractivity contribution >= 4 is 23.6 Å². The minimum Gasteiger partial charge on any atom is -0.356 e. The fourth-order valence-electron chi connectivity index (χ4n) is 6.08. The highest BCUT2D eigenvalue weighted by Gasteiger charge is 2.61. The lowest BCUT2D eigenvalue weighted by atomic mass is 9.71. The van der Waals surface area contributed by atoms with Crippen LogP contribution in [0.15, 0.2) is 0 Å². The van der Waals surface area contributed by atoms with Crippen LogP contribution in [0, 0.1) is 29.1 Å². The molecule has 0 spiro atoms. The zero-order chi connectivity index (χ0) is 27.8. The first-order chi connectivity index (χ1) is 17.8. The summed E-state index contributed by atoms with van der Waals surface area (Å²) in [6, 6.07) is -3.83. The van der Waals surface area contributed by atoms with E-state index in [9.17, 15) is 46.4 Å². The molecule has 3 heterocycles. The topological polar surface area (TPSA) is 131 Å². The third-order valence-electron chi connectivity index (χ3n) is 8.27. The number of nitrogens with one attached hydrogen (secondary N) is 3. The SMILES string of the molecule is N#C[C@@H](C[C@@H]1CCNC1=O)NC(=O)[C@@H]1[C@H]2CC[C@H](CC2(F)F)N1C(=O)[C@@H](CC1CCC1)NC(=O)C(F)(F)F. The van der Waals surface area contributed by atoms with Crippen LogP contribution in [0.3, 0.4) is 0 Å². The summed E-state index contributed by atoms with van der Waals surface area (Å²) in [7, 11) is 0. The number of rotatable bonds is 8. The Bertz CT molecular complexity index is 1010. The van der Waals surface area contributed by atoms with Crippen LogP contribution in [-0.2, 0) is 19.2 Å². The van der Waals surface area contributed by atoms with Crippen LogP contribution < -0.4 is 16.0 Å². The molecule has 3 aliphatic heterocycles. The van der Waals surface area contributed by atoms with E-state index in [0.29, 0.717) is 25.8 Å². The van der Waals surface area contributed by atoms with Crippen LogP contribution in [-0.4, -0.2) is 71.3 Å². The zero-order valence-corrected chi connectivity index (χ0v) is 20.5. The standard InChI is InChI=1S/C24H30F5N5O4/c25-23(26)10-15-4-5-16(23)18(20(36)32-14(11-30)9-13-6-7-31-19(13)35)34(15)21(37)17(8-12-2-1-3-12)33-22(38)24(27,28)29/h12-18H,1-10H2,(H,31,35)(H,32,36)(H,33,38)/t13-,14+,15+,16+,17+,18-/m0/s1. The molecule has 2 bridgehead atoms. The molecule has 2 aliphatic carbocycles. The van der Waals surface area contributed by atoms with Crippen molar-refractivity contribution in [1.29, 1.82) is 5.26 Å². The molecule has 3 saturated heterocycles. The maximum Gasteiger partial charge on any atom is 0.471 e. The Labute approximate surface area is 215 Å². The van der Waals surface area contributed by atoms with E-state index in [-0.39, 0.29) is 37.5 Å².